The highest BCUT2D eigenvalue weighted by molar-refractivity contribution is 5.97. The maximum Gasteiger partial charge on any atom is 0.267 e. The number of rotatable bonds is 5. The van der Waals surface area contributed by atoms with E-state index >= 15 is 0 Å². The highest BCUT2D eigenvalue weighted by Crippen LogP contribution is 2.38. The second-order valence-electron chi connectivity index (χ2n) is 5.11. The van der Waals surface area contributed by atoms with E-state index in [1.165, 1.54) is 0 Å². The first-order chi connectivity index (χ1) is 9.28. The van der Waals surface area contributed by atoms with Crippen molar-refractivity contribution in [3.8, 4) is 0 Å². The van der Waals surface area contributed by atoms with Crippen molar-refractivity contribution >= 4 is 23.1 Å². The van der Waals surface area contributed by atoms with Crippen molar-refractivity contribution in [2.24, 2.45) is 11.8 Å². The predicted molar refractivity (Wildman–Crippen MR) is 72.9 cm³/mol. The van der Waals surface area contributed by atoms with Gasteiger partial charge in [-0.15, -0.1) is 0 Å². The second kappa shape index (κ2) is 4.88. The number of aldehydes is 1. The van der Waals surface area contributed by atoms with Crippen LogP contribution >= 0.6 is 0 Å². The quantitative estimate of drug-likeness (QED) is 0.805. The molecule has 98 valence electrons. The van der Waals surface area contributed by atoms with Crippen LogP contribution in [-0.2, 0) is 4.79 Å². The van der Waals surface area contributed by atoms with Gasteiger partial charge in [-0.2, -0.15) is 0 Å². The van der Waals surface area contributed by atoms with E-state index in [1.807, 2.05) is 30.3 Å². The molecule has 2 atom stereocenters. The number of hydrogen-bond donors (Lipinski definition) is 2. The summed E-state index contributed by atoms with van der Waals surface area (Å²) in [5.74, 6) is 0.616. The Morgan fingerprint density at radius 3 is 3.00 bits per heavy atom. The lowest BCUT2D eigenvalue weighted by molar-refractivity contribution is -0.109. The fourth-order valence-electron chi connectivity index (χ4n) is 2.43. The van der Waals surface area contributed by atoms with Crippen molar-refractivity contribution in [3.63, 3.8) is 0 Å². The number of H-pyrrole nitrogens is 1. The SMILES string of the molecule is O=CC1CC1CCNC(=O)c1cc2ccccc2[nH]1. The summed E-state index contributed by atoms with van der Waals surface area (Å²) in [6.45, 7) is 0.628. The van der Waals surface area contributed by atoms with Crippen molar-refractivity contribution in [1.29, 1.82) is 0 Å². The average Bonchev–Trinajstić information content (AvgIpc) is 3.05. The van der Waals surface area contributed by atoms with Gasteiger partial charge in [0.05, 0.1) is 0 Å². The van der Waals surface area contributed by atoms with Crippen LogP contribution < -0.4 is 5.32 Å². The summed E-state index contributed by atoms with van der Waals surface area (Å²) in [6, 6.07) is 9.67. The molecule has 1 aliphatic rings. The Morgan fingerprint density at radius 1 is 1.42 bits per heavy atom. The molecule has 1 fully saturated rings. The molecule has 19 heavy (non-hydrogen) atoms. The van der Waals surface area contributed by atoms with Crippen molar-refractivity contribution in [3.05, 3.63) is 36.0 Å². The van der Waals surface area contributed by atoms with Gasteiger partial charge in [-0.3, -0.25) is 4.79 Å². The molecule has 1 saturated carbocycles. The maximum absolute atomic E-state index is 12.0. The van der Waals surface area contributed by atoms with Gasteiger partial charge in [-0.05, 0) is 30.9 Å². The van der Waals surface area contributed by atoms with Crippen LogP contribution in [0, 0.1) is 11.8 Å². The van der Waals surface area contributed by atoms with Crippen LogP contribution in [0.15, 0.2) is 30.3 Å². The number of para-hydroxylation sites is 1. The van der Waals surface area contributed by atoms with Gasteiger partial charge in [0.15, 0.2) is 0 Å². The molecule has 4 nitrogen and oxygen atoms in total. The molecule has 1 aliphatic carbocycles. The summed E-state index contributed by atoms with van der Waals surface area (Å²) in [7, 11) is 0. The Balaban J connectivity index is 1.56. The summed E-state index contributed by atoms with van der Waals surface area (Å²) in [4.78, 5) is 25.6. The van der Waals surface area contributed by atoms with Crippen LogP contribution in [0.2, 0.25) is 0 Å². The predicted octanol–water partition coefficient (Wildman–Crippen LogP) is 2.12. The van der Waals surface area contributed by atoms with Crippen LogP contribution in [-0.4, -0.2) is 23.7 Å². The molecule has 0 saturated heterocycles. The summed E-state index contributed by atoms with van der Waals surface area (Å²) in [6.07, 6.45) is 2.88. The topological polar surface area (TPSA) is 62.0 Å². The van der Waals surface area contributed by atoms with Crippen molar-refractivity contribution in [2.45, 2.75) is 12.8 Å². The fourth-order valence-corrected chi connectivity index (χ4v) is 2.43. The summed E-state index contributed by atoms with van der Waals surface area (Å²) in [5.41, 5.74) is 1.56. The first-order valence-corrected chi connectivity index (χ1v) is 6.59. The number of benzene rings is 1. The van der Waals surface area contributed by atoms with Gasteiger partial charge in [-0.25, -0.2) is 0 Å². The number of hydrogen-bond acceptors (Lipinski definition) is 2. The van der Waals surface area contributed by atoms with Gasteiger partial charge in [0.1, 0.15) is 12.0 Å². The molecular formula is C15H16N2O2. The minimum Gasteiger partial charge on any atom is -0.351 e. The molecule has 0 spiro atoms. The Bertz CT molecular complexity index is 584. The highest BCUT2D eigenvalue weighted by Gasteiger charge is 2.35. The first kappa shape index (κ1) is 12.0. The molecule has 2 unspecified atom stereocenters. The van der Waals surface area contributed by atoms with Crippen LogP contribution in [0.5, 0.6) is 0 Å². The molecule has 3 rings (SSSR count). The van der Waals surface area contributed by atoms with Crippen LogP contribution in [0.1, 0.15) is 23.3 Å². The van der Waals surface area contributed by atoms with Gasteiger partial charge in [0.2, 0.25) is 0 Å². The second-order valence-corrected chi connectivity index (χ2v) is 5.11. The van der Waals surface area contributed by atoms with E-state index in [9.17, 15) is 9.59 Å². The summed E-state index contributed by atoms with van der Waals surface area (Å²) < 4.78 is 0. The van der Waals surface area contributed by atoms with Gasteiger partial charge in [-0.1, -0.05) is 18.2 Å². The zero-order valence-electron chi connectivity index (χ0n) is 10.6. The molecular weight excluding hydrogens is 240 g/mol. The maximum atomic E-state index is 12.0. The zero-order valence-corrected chi connectivity index (χ0v) is 10.6. The smallest absolute Gasteiger partial charge is 0.267 e. The molecule has 1 aromatic heterocycles. The summed E-state index contributed by atoms with van der Waals surface area (Å²) >= 11 is 0. The number of carbonyl (C=O) groups excluding carboxylic acids is 2. The number of aromatic nitrogens is 1. The summed E-state index contributed by atoms with van der Waals surface area (Å²) in [5, 5.41) is 3.93. The van der Waals surface area contributed by atoms with Gasteiger partial charge >= 0.3 is 0 Å². The minimum absolute atomic E-state index is 0.0838. The lowest BCUT2D eigenvalue weighted by Gasteiger charge is -2.02. The molecule has 4 heteroatoms. The third-order valence-electron chi connectivity index (χ3n) is 3.73. The van der Waals surface area contributed by atoms with Crippen LogP contribution in [0.3, 0.4) is 0 Å². The number of amides is 1. The molecule has 2 N–H and O–H groups in total. The largest absolute Gasteiger partial charge is 0.351 e. The van der Waals surface area contributed by atoms with E-state index in [0.717, 1.165) is 30.0 Å². The monoisotopic (exact) mass is 256 g/mol. The third-order valence-corrected chi connectivity index (χ3v) is 3.73. The first-order valence-electron chi connectivity index (χ1n) is 6.59. The molecule has 1 amide bonds. The van der Waals surface area contributed by atoms with Crippen molar-refractivity contribution < 1.29 is 9.59 Å². The van der Waals surface area contributed by atoms with E-state index < -0.39 is 0 Å². The average molecular weight is 256 g/mol. The van der Waals surface area contributed by atoms with E-state index in [2.05, 4.69) is 10.3 Å². The fraction of sp³-hybridized carbons (Fsp3) is 0.333. The van der Waals surface area contributed by atoms with Crippen molar-refractivity contribution in [1.82, 2.24) is 10.3 Å². The number of fused-ring (bicyclic) bond motifs is 1. The number of aromatic amines is 1. The van der Waals surface area contributed by atoms with E-state index in [4.69, 9.17) is 0 Å². The molecule has 0 radical (unpaired) electrons. The minimum atomic E-state index is -0.0838. The standard InChI is InChI=1S/C15H16N2O2/c18-9-12-7-10(12)5-6-16-15(19)14-8-11-3-1-2-4-13(11)17-14/h1-4,8-10,12,17H,5-7H2,(H,16,19). The highest BCUT2D eigenvalue weighted by atomic mass is 16.1. The lowest BCUT2D eigenvalue weighted by Crippen LogP contribution is -2.25. The van der Waals surface area contributed by atoms with Crippen LogP contribution in [0.4, 0.5) is 0 Å². The van der Waals surface area contributed by atoms with E-state index in [0.29, 0.717) is 18.2 Å². The molecule has 2 aromatic rings. The number of carbonyl (C=O) groups is 2. The Kier molecular flexibility index (Phi) is 3.07. The normalized spacial score (nSPS) is 21.3. The molecule has 1 heterocycles. The van der Waals surface area contributed by atoms with Gasteiger partial charge in [0, 0.05) is 23.4 Å². The third kappa shape index (κ3) is 2.52. The van der Waals surface area contributed by atoms with Gasteiger partial charge < -0.3 is 15.1 Å². The number of nitrogens with one attached hydrogen (secondary N) is 2. The lowest BCUT2D eigenvalue weighted by atomic mass is 10.2. The van der Waals surface area contributed by atoms with Gasteiger partial charge in [0.25, 0.3) is 5.91 Å². The Labute approximate surface area is 111 Å². The zero-order chi connectivity index (χ0) is 13.2. The Hall–Kier alpha value is -2.10. The van der Waals surface area contributed by atoms with E-state index in [-0.39, 0.29) is 11.8 Å². The Morgan fingerprint density at radius 2 is 2.26 bits per heavy atom. The molecule has 1 aromatic carbocycles. The molecule has 0 aliphatic heterocycles. The van der Waals surface area contributed by atoms with E-state index in [1.54, 1.807) is 0 Å². The van der Waals surface area contributed by atoms with Crippen molar-refractivity contribution in [2.75, 3.05) is 6.54 Å². The molecule has 0 bridgehead atoms. The van der Waals surface area contributed by atoms with Crippen LogP contribution in [0.25, 0.3) is 10.9 Å².